The van der Waals surface area contributed by atoms with Crippen LogP contribution in [0, 0.1) is 5.92 Å². The molecular weight excluding hydrogens is 304 g/mol. The van der Waals surface area contributed by atoms with Crippen LogP contribution in [0.15, 0.2) is 24.3 Å². The van der Waals surface area contributed by atoms with Crippen LogP contribution in [0.5, 0.6) is 0 Å². The highest BCUT2D eigenvalue weighted by atomic mass is 16.2. The molecule has 3 amide bonds. The summed E-state index contributed by atoms with van der Waals surface area (Å²) >= 11 is 0. The number of quaternary nitrogens is 1. The molecule has 0 fully saturated rings. The van der Waals surface area contributed by atoms with Crippen molar-refractivity contribution in [3.63, 3.8) is 0 Å². The van der Waals surface area contributed by atoms with Crippen LogP contribution in [-0.2, 0) is 11.3 Å². The van der Waals surface area contributed by atoms with Gasteiger partial charge in [-0.25, -0.2) is 4.79 Å². The summed E-state index contributed by atoms with van der Waals surface area (Å²) in [6, 6.07) is 7.84. The summed E-state index contributed by atoms with van der Waals surface area (Å²) in [5.41, 5.74) is 2.31. The number of urea groups is 1. The van der Waals surface area contributed by atoms with E-state index < -0.39 is 6.03 Å². The first-order valence-corrected chi connectivity index (χ1v) is 8.43. The predicted octanol–water partition coefficient (Wildman–Crippen LogP) is 0.639. The molecule has 0 aliphatic carbocycles. The average Bonchev–Trinajstić information content (AvgIpc) is 2.46. The molecule has 6 nitrogen and oxygen atoms in total. The number of hydrogen-bond acceptors (Lipinski definition) is 3. The van der Waals surface area contributed by atoms with Gasteiger partial charge in [-0.1, -0.05) is 26.0 Å². The Kier molecular flexibility index (Phi) is 8.26. The Hall–Kier alpha value is -2.08. The Morgan fingerprint density at radius 2 is 1.79 bits per heavy atom. The van der Waals surface area contributed by atoms with E-state index in [-0.39, 0.29) is 12.5 Å². The predicted molar refractivity (Wildman–Crippen MR) is 97.2 cm³/mol. The van der Waals surface area contributed by atoms with Crippen molar-refractivity contribution in [2.75, 3.05) is 39.1 Å². The number of rotatable bonds is 8. The third-order valence-electron chi connectivity index (χ3n) is 3.68. The van der Waals surface area contributed by atoms with Gasteiger partial charge in [0.15, 0.2) is 6.54 Å². The quantitative estimate of drug-likeness (QED) is 0.653. The number of amides is 3. The number of carbonyl (C=O) groups excluding carboxylic acids is 2. The molecule has 0 heterocycles. The van der Waals surface area contributed by atoms with Gasteiger partial charge < -0.3 is 15.1 Å². The summed E-state index contributed by atoms with van der Waals surface area (Å²) in [7, 11) is 5.95. The Morgan fingerprint density at radius 1 is 1.17 bits per heavy atom. The Morgan fingerprint density at radius 3 is 2.33 bits per heavy atom. The van der Waals surface area contributed by atoms with Gasteiger partial charge in [-0.05, 0) is 24.5 Å². The summed E-state index contributed by atoms with van der Waals surface area (Å²) in [5, 5.41) is 5.08. The van der Waals surface area contributed by atoms with Gasteiger partial charge in [0.05, 0.1) is 7.05 Å². The third-order valence-corrected chi connectivity index (χ3v) is 3.68. The van der Waals surface area contributed by atoms with Crippen molar-refractivity contribution in [2.24, 2.45) is 5.92 Å². The standard InChI is InChI=1S/C18H30N4O2/c1-14(2)10-11-19-18(24)20-17(23)13-22(5)12-15-6-8-16(9-7-15)21(3)4/h6-9,14H,10-13H2,1-5H3,(H2,19,20,23,24)/p+1. The molecule has 134 valence electrons. The monoisotopic (exact) mass is 335 g/mol. The summed E-state index contributed by atoms with van der Waals surface area (Å²) in [6.07, 6.45) is 0.899. The zero-order valence-electron chi connectivity index (χ0n) is 15.5. The molecule has 1 atom stereocenters. The SMILES string of the molecule is CC(C)CCNC(=O)NC(=O)C[NH+](C)Cc1ccc(N(C)C)cc1. The fraction of sp³-hybridized carbons (Fsp3) is 0.556. The highest BCUT2D eigenvalue weighted by Gasteiger charge is 2.13. The summed E-state index contributed by atoms with van der Waals surface area (Å²) in [4.78, 5) is 26.6. The number of imide groups is 1. The lowest BCUT2D eigenvalue weighted by Gasteiger charge is -2.16. The molecule has 0 aromatic heterocycles. The maximum Gasteiger partial charge on any atom is 0.321 e. The van der Waals surface area contributed by atoms with Crippen LogP contribution in [0.2, 0.25) is 0 Å². The molecule has 6 heteroatoms. The van der Waals surface area contributed by atoms with E-state index in [9.17, 15) is 9.59 Å². The first kappa shape index (κ1) is 20.0. The number of benzene rings is 1. The van der Waals surface area contributed by atoms with Crippen LogP contribution in [-0.4, -0.2) is 46.2 Å². The number of likely N-dealkylation sites (N-methyl/N-ethyl adjacent to an activating group) is 1. The van der Waals surface area contributed by atoms with Gasteiger partial charge >= 0.3 is 6.03 Å². The van der Waals surface area contributed by atoms with E-state index in [0.29, 0.717) is 12.5 Å². The van der Waals surface area contributed by atoms with E-state index >= 15 is 0 Å². The molecule has 0 spiro atoms. The molecule has 0 radical (unpaired) electrons. The topological polar surface area (TPSA) is 65.9 Å². The molecule has 0 saturated heterocycles. The molecular formula is C18H31N4O2+. The molecule has 1 unspecified atom stereocenters. The largest absolute Gasteiger partial charge is 0.378 e. The summed E-state index contributed by atoms with van der Waals surface area (Å²) in [5.74, 6) is 0.259. The number of anilines is 1. The van der Waals surface area contributed by atoms with Crippen LogP contribution in [0.25, 0.3) is 0 Å². The summed E-state index contributed by atoms with van der Waals surface area (Å²) < 4.78 is 0. The third kappa shape index (κ3) is 7.97. The van der Waals surface area contributed by atoms with Crippen molar-refractivity contribution in [3.8, 4) is 0 Å². The lowest BCUT2D eigenvalue weighted by molar-refractivity contribution is -0.885. The molecule has 24 heavy (non-hydrogen) atoms. The van der Waals surface area contributed by atoms with Gasteiger partial charge in [-0.15, -0.1) is 0 Å². The minimum Gasteiger partial charge on any atom is -0.378 e. The fourth-order valence-corrected chi connectivity index (χ4v) is 2.29. The fourth-order valence-electron chi connectivity index (χ4n) is 2.29. The zero-order valence-corrected chi connectivity index (χ0v) is 15.5. The van der Waals surface area contributed by atoms with E-state index in [2.05, 4.69) is 48.7 Å². The lowest BCUT2D eigenvalue weighted by atomic mass is 10.1. The van der Waals surface area contributed by atoms with Crippen molar-refractivity contribution in [1.29, 1.82) is 0 Å². The van der Waals surface area contributed by atoms with Gasteiger partial charge in [-0.3, -0.25) is 10.1 Å². The summed E-state index contributed by atoms with van der Waals surface area (Å²) in [6.45, 7) is 5.75. The van der Waals surface area contributed by atoms with Crippen LogP contribution in [0.4, 0.5) is 10.5 Å². The van der Waals surface area contributed by atoms with Crippen LogP contribution in [0.1, 0.15) is 25.8 Å². The molecule has 1 rings (SSSR count). The normalized spacial score (nSPS) is 11.9. The highest BCUT2D eigenvalue weighted by molar-refractivity contribution is 5.94. The van der Waals surface area contributed by atoms with Crippen LogP contribution >= 0.6 is 0 Å². The maximum absolute atomic E-state index is 11.9. The molecule has 0 bridgehead atoms. The number of carbonyl (C=O) groups is 2. The number of hydrogen-bond donors (Lipinski definition) is 3. The Labute approximate surface area is 145 Å². The van der Waals surface area contributed by atoms with Gasteiger partial charge in [0, 0.05) is 31.9 Å². The van der Waals surface area contributed by atoms with E-state index in [0.717, 1.165) is 29.1 Å². The van der Waals surface area contributed by atoms with Gasteiger partial charge in [0.2, 0.25) is 0 Å². The minimum absolute atomic E-state index is 0.257. The van der Waals surface area contributed by atoms with Gasteiger partial charge in [0.1, 0.15) is 6.54 Å². The average molecular weight is 335 g/mol. The highest BCUT2D eigenvalue weighted by Crippen LogP contribution is 2.11. The van der Waals surface area contributed by atoms with Crippen molar-refractivity contribution in [3.05, 3.63) is 29.8 Å². The first-order valence-electron chi connectivity index (χ1n) is 8.43. The molecule has 1 aromatic rings. The van der Waals surface area contributed by atoms with Crippen molar-refractivity contribution in [1.82, 2.24) is 10.6 Å². The second-order valence-electron chi connectivity index (χ2n) is 6.86. The number of nitrogens with zero attached hydrogens (tertiary/aromatic N) is 1. The number of nitrogens with one attached hydrogen (secondary N) is 3. The van der Waals surface area contributed by atoms with Crippen LogP contribution in [0.3, 0.4) is 0 Å². The maximum atomic E-state index is 11.9. The second-order valence-corrected chi connectivity index (χ2v) is 6.86. The van der Waals surface area contributed by atoms with E-state index in [1.54, 1.807) is 0 Å². The van der Waals surface area contributed by atoms with Gasteiger partial charge in [0.25, 0.3) is 5.91 Å². The lowest BCUT2D eigenvalue weighted by Crippen LogP contribution is -3.09. The smallest absolute Gasteiger partial charge is 0.321 e. The van der Waals surface area contributed by atoms with Crippen molar-refractivity contribution < 1.29 is 14.5 Å². The molecule has 0 saturated carbocycles. The minimum atomic E-state index is -0.413. The van der Waals surface area contributed by atoms with Gasteiger partial charge in [-0.2, -0.15) is 0 Å². The van der Waals surface area contributed by atoms with Crippen LogP contribution < -0.4 is 20.4 Å². The molecule has 3 N–H and O–H groups in total. The Bertz CT molecular complexity index is 526. The zero-order chi connectivity index (χ0) is 18.1. The van der Waals surface area contributed by atoms with E-state index in [4.69, 9.17) is 0 Å². The first-order chi connectivity index (χ1) is 11.3. The second kappa shape index (κ2) is 9.93. The molecule has 1 aromatic carbocycles. The van der Waals surface area contributed by atoms with Crippen molar-refractivity contribution in [2.45, 2.75) is 26.8 Å². The van der Waals surface area contributed by atoms with Crippen molar-refractivity contribution >= 4 is 17.6 Å². The Balaban J connectivity index is 2.34. The van der Waals surface area contributed by atoms with E-state index in [1.165, 1.54) is 0 Å². The molecule has 0 aliphatic rings. The van der Waals surface area contributed by atoms with E-state index in [1.807, 2.05) is 26.0 Å². The molecule has 0 aliphatic heterocycles.